The lowest BCUT2D eigenvalue weighted by Gasteiger charge is -2.35. The molecule has 0 radical (unpaired) electrons. The average Bonchev–Trinajstić information content (AvgIpc) is 2.85. The van der Waals surface area contributed by atoms with Gasteiger partial charge in [-0.15, -0.1) is 0 Å². The van der Waals surface area contributed by atoms with Crippen LogP contribution in [0.4, 0.5) is 0 Å². The van der Waals surface area contributed by atoms with Crippen LogP contribution in [0.15, 0.2) is 24.5 Å². The molecule has 1 N–H and O–H groups in total. The first-order chi connectivity index (χ1) is 9.59. The predicted octanol–water partition coefficient (Wildman–Crippen LogP) is 3.73. The molecule has 1 saturated carbocycles. The maximum atomic E-state index is 11.3. The SMILES string of the molecule is CC1CCCC(n2cnc3c(C(=O)O)cccc32)C1C. The van der Waals surface area contributed by atoms with E-state index in [0.29, 0.717) is 23.4 Å². The molecule has 2 aromatic rings. The van der Waals surface area contributed by atoms with Crippen LogP contribution < -0.4 is 0 Å². The molecule has 0 bridgehead atoms. The number of aromatic carboxylic acids is 1. The van der Waals surface area contributed by atoms with Gasteiger partial charge in [-0.05, 0) is 30.4 Å². The standard InChI is InChI=1S/C16H20N2O2/c1-10-5-3-7-13(11(10)2)18-9-17-15-12(16(19)20)6-4-8-14(15)18/h4,6,8-11,13H,3,5,7H2,1-2H3,(H,19,20). The van der Waals surface area contributed by atoms with Crippen LogP contribution in [0.3, 0.4) is 0 Å². The summed E-state index contributed by atoms with van der Waals surface area (Å²) in [5.41, 5.74) is 1.83. The van der Waals surface area contributed by atoms with Crippen LogP contribution in [-0.2, 0) is 0 Å². The highest BCUT2D eigenvalue weighted by molar-refractivity contribution is 6.00. The van der Waals surface area contributed by atoms with Crippen molar-refractivity contribution in [3.63, 3.8) is 0 Å². The van der Waals surface area contributed by atoms with E-state index in [2.05, 4.69) is 23.4 Å². The Morgan fingerprint density at radius 1 is 1.35 bits per heavy atom. The predicted molar refractivity (Wildman–Crippen MR) is 77.9 cm³/mol. The van der Waals surface area contributed by atoms with Gasteiger partial charge in [0.15, 0.2) is 0 Å². The van der Waals surface area contributed by atoms with Crippen LogP contribution in [0, 0.1) is 11.8 Å². The maximum absolute atomic E-state index is 11.3. The van der Waals surface area contributed by atoms with Crippen LogP contribution in [0.1, 0.15) is 49.5 Å². The molecule has 4 heteroatoms. The zero-order valence-corrected chi connectivity index (χ0v) is 11.9. The van der Waals surface area contributed by atoms with E-state index in [1.54, 1.807) is 12.1 Å². The van der Waals surface area contributed by atoms with E-state index in [0.717, 1.165) is 11.9 Å². The number of carboxylic acid groups (broad SMARTS) is 1. The van der Waals surface area contributed by atoms with Gasteiger partial charge in [0, 0.05) is 6.04 Å². The zero-order chi connectivity index (χ0) is 14.3. The number of carboxylic acids is 1. The van der Waals surface area contributed by atoms with Crippen molar-refractivity contribution in [3.05, 3.63) is 30.1 Å². The smallest absolute Gasteiger partial charge is 0.337 e. The van der Waals surface area contributed by atoms with Crippen molar-refractivity contribution in [1.82, 2.24) is 9.55 Å². The Hall–Kier alpha value is -1.84. The minimum Gasteiger partial charge on any atom is -0.478 e. The van der Waals surface area contributed by atoms with E-state index in [1.807, 2.05) is 12.4 Å². The number of fused-ring (bicyclic) bond motifs is 1. The molecule has 1 aromatic heterocycles. The van der Waals surface area contributed by atoms with Crippen LogP contribution >= 0.6 is 0 Å². The minimum absolute atomic E-state index is 0.290. The molecule has 0 saturated heterocycles. The topological polar surface area (TPSA) is 55.1 Å². The molecule has 0 spiro atoms. The lowest BCUT2D eigenvalue weighted by atomic mass is 9.78. The first-order valence-electron chi connectivity index (χ1n) is 7.28. The van der Waals surface area contributed by atoms with Crippen LogP contribution in [0.25, 0.3) is 11.0 Å². The number of nitrogens with zero attached hydrogens (tertiary/aromatic N) is 2. The second kappa shape index (κ2) is 4.93. The van der Waals surface area contributed by atoms with Gasteiger partial charge in [-0.1, -0.05) is 32.8 Å². The Morgan fingerprint density at radius 3 is 2.90 bits per heavy atom. The quantitative estimate of drug-likeness (QED) is 0.906. The van der Waals surface area contributed by atoms with Crippen molar-refractivity contribution < 1.29 is 9.90 Å². The summed E-state index contributed by atoms with van der Waals surface area (Å²) in [5.74, 6) is 0.384. The van der Waals surface area contributed by atoms with Gasteiger partial charge in [-0.3, -0.25) is 0 Å². The lowest BCUT2D eigenvalue weighted by Crippen LogP contribution is -2.26. The molecule has 0 amide bonds. The fraction of sp³-hybridized carbons (Fsp3) is 0.500. The van der Waals surface area contributed by atoms with Crippen molar-refractivity contribution in [1.29, 1.82) is 0 Å². The first-order valence-corrected chi connectivity index (χ1v) is 7.28. The summed E-state index contributed by atoms with van der Waals surface area (Å²) in [4.78, 5) is 15.6. The van der Waals surface area contributed by atoms with Crippen molar-refractivity contribution in [2.24, 2.45) is 11.8 Å². The van der Waals surface area contributed by atoms with E-state index in [9.17, 15) is 9.90 Å². The molecular formula is C16H20N2O2. The number of benzene rings is 1. The van der Waals surface area contributed by atoms with E-state index >= 15 is 0 Å². The molecule has 20 heavy (non-hydrogen) atoms. The summed E-state index contributed by atoms with van der Waals surface area (Å²) < 4.78 is 2.18. The number of imidazole rings is 1. The van der Waals surface area contributed by atoms with Gasteiger partial charge in [-0.2, -0.15) is 0 Å². The molecule has 1 aliphatic rings. The molecule has 4 nitrogen and oxygen atoms in total. The van der Waals surface area contributed by atoms with Gasteiger partial charge in [0.1, 0.15) is 5.52 Å². The Labute approximate surface area is 118 Å². The molecule has 1 fully saturated rings. The van der Waals surface area contributed by atoms with E-state index < -0.39 is 5.97 Å². The molecule has 0 aliphatic heterocycles. The summed E-state index contributed by atoms with van der Waals surface area (Å²) in [6, 6.07) is 5.82. The van der Waals surface area contributed by atoms with Crippen LogP contribution in [-0.4, -0.2) is 20.6 Å². The van der Waals surface area contributed by atoms with Gasteiger partial charge in [-0.25, -0.2) is 9.78 Å². The molecule has 3 unspecified atom stereocenters. The van der Waals surface area contributed by atoms with Crippen molar-refractivity contribution in [2.45, 2.75) is 39.2 Å². The summed E-state index contributed by atoms with van der Waals surface area (Å²) in [5, 5.41) is 9.25. The third kappa shape index (κ3) is 1.99. The van der Waals surface area contributed by atoms with Gasteiger partial charge in [0.05, 0.1) is 17.4 Å². The molecular weight excluding hydrogens is 252 g/mol. The normalized spacial score (nSPS) is 26.8. The number of hydrogen-bond acceptors (Lipinski definition) is 2. The number of para-hydroxylation sites is 1. The summed E-state index contributed by atoms with van der Waals surface area (Å²) in [7, 11) is 0. The van der Waals surface area contributed by atoms with E-state index in [-0.39, 0.29) is 5.56 Å². The molecule has 1 aromatic carbocycles. The highest BCUT2D eigenvalue weighted by atomic mass is 16.4. The number of hydrogen-bond donors (Lipinski definition) is 1. The molecule has 106 valence electrons. The summed E-state index contributed by atoms with van der Waals surface area (Å²) in [6.45, 7) is 4.60. The third-order valence-corrected chi connectivity index (χ3v) is 4.86. The summed E-state index contributed by atoms with van der Waals surface area (Å²) >= 11 is 0. The Balaban J connectivity index is 2.09. The fourth-order valence-electron chi connectivity index (χ4n) is 3.44. The number of aromatic nitrogens is 2. The van der Waals surface area contributed by atoms with Crippen LogP contribution in [0.2, 0.25) is 0 Å². The highest BCUT2D eigenvalue weighted by Gasteiger charge is 2.29. The molecule has 3 rings (SSSR count). The minimum atomic E-state index is -0.911. The van der Waals surface area contributed by atoms with Gasteiger partial charge < -0.3 is 9.67 Å². The van der Waals surface area contributed by atoms with Crippen molar-refractivity contribution in [3.8, 4) is 0 Å². The van der Waals surface area contributed by atoms with Gasteiger partial charge >= 0.3 is 5.97 Å². The zero-order valence-electron chi connectivity index (χ0n) is 11.9. The second-order valence-corrected chi connectivity index (χ2v) is 5.96. The molecule has 1 heterocycles. The van der Waals surface area contributed by atoms with Crippen LogP contribution in [0.5, 0.6) is 0 Å². The Bertz CT molecular complexity index is 647. The Kier molecular flexibility index (Phi) is 3.24. The number of rotatable bonds is 2. The third-order valence-electron chi connectivity index (χ3n) is 4.86. The largest absolute Gasteiger partial charge is 0.478 e. The van der Waals surface area contributed by atoms with Crippen molar-refractivity contribution in [2.75, 3.05) is 0 Å². The van der Waals surface area contributed by atoms with E-state index in [1.165, 1.54) is 12.8 Å². The number of carbonyl (C=O) groups is 1. The first kappa shape index (κ1) is 13.2. The fourth-order valence-corrected chi connectivity index (χ4v) is 3.44. The van der Waals surface area contributed by atoms with Crippen molar-refractivity contribution >= 4 is 17.0 Å². The van der Waals surface area contributed by atoms with Gasteiger partial charge in [0.25, 0.3) is 0 Å². The monoisotopic (exact) mass is 272 g/mol. The lowest BCUT2D eigenvalue weighted by molar-refractivity contribution is 0.0699. The second-order valence-electron chi connectivity index (χ2n) is 5.96. The average molecular weight is 272 g/mol. The van der Waals surface area contributed by atoms with Gasteiger partial charge in [0.2, 0.25) is 0 Å². The van der Waals surface area contributed by atoms with E-state index in [4.69, 9.17) is 0 Å². The maximum Gasteiger partial charge on any atom is 0.337 e. The molecule has 1 aliphatic carbocycles. The Morgan fingerprint density at radius 2 is 2.15 bits per heavy atom. The molecule has 3 atom stereocenters. The summed E-state index contributed by atoms with van der Waals surface area (Å²) in [6.07, 6.45) is 5.48. The highest BCUT2D eigenvalue weighted by Crippen LogP contribution is 2.39.